The van der Waals surface area contributed by atoms with Crippen molar-refractivity contribution in [1.29, 1.82) is 0 Å². The van der Waals surface area contributed by atoms with E-state index in [1.54, 1.807) is 4.90 Å². The van der Waals surface area contributed by atoms with Crippen molar-refractivity contribution in [2.24, 2.45) is 0 Å². The summed E-state index contributed by atoms with van der Waals surface area (Å²) in [6.45, 7) is 3.88. The molecule has 0 saturated carbocycles. The first kappa shape index (κ1) is 18.2. The van der Waals surface area contributed by atoms with Crippen LogP contribution in [0.5, 0.6) is 0 Å². The number of hydrogen-bond acceptors (Lipinski definition) is 5. The van der Waals surface area contributed by atoms with Crippen LogP contribution in [-0.4, -0.2) is 41.4 Å². The number of thioether (sulfide) groups is 1. The van der Waals surface area contributed by atoms with Crippen LogP contribution in [0.15, 0.2) is 59.5 Å². The first-order valence-electron chi connectivity index (χ1n) is 8.93. The molecule has 0 atom stereocenters. The maximum atomic E-state index is 12.8. The monoisotopic (exact) mass is 396 g/mol. The number of carbonyl (C=O) groups excluding carboxylic acids is 1. The molecular formula is C21H20N2O2S2. The Morgan fingerprint density at radius 1 is 1.04 bits per heavy atom. The Bertz CT molecular complexity index is 860. The molecule has 0 aliphatic carbocycles. The van der Waals surface area contributed by atoms with E-state index < -0.39 is 0 Å². The van der Waals surface area contributed by atoms with E-state index in [4.69, 9.17) is 17.0 Å². The van der Waals surface area contributed by atoms with E-state index in [0.717, 1.165) is 37.4 Å². The molecule has 0 N–H and O–H groups in total. The van der Waals surface area contributed by atoms with E-state index in [-0.39, 0.29) is 5.91 Å². The Morgan fingerprint density at radius 3 is 2.44 bits per heavy atom. The van der Waals surface area contributed by atoms with Crippen LogP contribution in [0.1, 0.15) is 11.1 Å². The quantitative estimate of drug-likeness (QED) is 0.578. The molecule has 2 aliphatic heterocycles. The molecule has 0 spiro atoms. The van der Waals surface area contributed by atoms with Crippen molar-refractivity contribution >= 4 is 46.0 Å². The topological polar surface area (TPSA) is 32.8 Å². The van der Waals surface area contributed by atoms with E-state index in [1.165, 1.54) is 17.4 Å². The summed E-state index contributed by atoms with van der Waals surface area (Å²) in [5, 5.41) is 0. The highest BCUT2D eigenvalue weighted by Gasteiger charge is 2.31. The van der Waals surface area contributed by atoms with Crippen molar-refractivity contribution in [3.63, 3.8) is 0 Å². The van der Waals surface area contributed by atoms with E-state index in [0.29, 0.717) is 15.8 Å². The maximum absolute atomic E-state index is 12.8. The second kappa shape index (κ2) is 8.25. The van der Waals surface area contributed by atoms with Crippen molar-refractivity contribution in [2.75, 3.05) is 31.2 Å². The number of morpholine rings is 1. The van der Waals surface area contributed by atoms with Crippen molar-refractivity contribution in [1.82, 2.24) is 4.90 Å². The smallest absolute Gasteiger partial charge is 0.266 e. The summed E-state index contributed by atoms with van der Waals surface area (Å²) >= 11 is 6.79. The van der Waals surface area contributed by atoms with Crippen LogP contribution < -0.4 is 4.90 Å². The van der Waals surface area contributed by atoms with E-state index in [2.05, 4.69) is 29.2 Å². The Hall–Kier alpha value is -2.15. The van der Waals surface area contributed by atoms with Gasteiger partial charge in [0.05, 0.1) is 24.7 Å². The molecular weight excluding hydrogens is 376 g/mol. The van der Waals surface area contributed by atoms with E-state index in [1.807, 2.05) is 36.4 Å². The summed E-state index contributed by atoms with van der Waals surface area (Å²) in [5.74, 6) is -0.0221. The first-order chi connectivity index (χ1) is 13.2. The number of nitrogens with zero attached hydrogens (tertiary/aromatic N) is 2. The summed E-state index contributed by atoms with van der Waals surface area (Å²) in [5.41, 5.74) is 3.27. The van der Waals surface area contributed by atoms with Gasteiger partial charge in [0.2, 0.25) is 0 Å². The molecule has 4 nitrogen and oxygen atoms in total. The van der Waals surface area contributed by atoms with E-state index in [9.17, 15) is 4.79 Å². The molecule has 2 aromatic carbocycles. The summed E-state index contributed by atoms with van der Waals surface area (Å²) in [4.78, 5) is 17.4. The normalized spacial score (nSPS) is 19.2. The number of anilines is 1. The van der Waals surface area contributed by atoms with Gasteiger partial charge in [-0.05, 0) is 29.3 Å². The van der Waals surface area contributed by atoms with Gasteiger partial charge >= 0.3 is 0 Å². The van der Waals surface area contributed by atoms with Crippen LogP contribution in [-0.2, 0) is 16.1 Å². The van der Waals surface area contributed by atoms with Gasteiger partial charge in [-0.2, -0.15) is 0 Å². The fraction of sp³-hybridized carbons (Fsp3) is 0.238. The highest BCUT2D eigenvalue weighted by molar-refractivity contribution is 8.26. The number of rotatable bonds is 4. The van der Waals surface area contributed by atoms with Gasteiger partial charge in [0.15, 0.2) is 0 Å². The van der Waals surface area contributed by atoms with Crippen LogP contribution in [0.4, 0.5) is 5.69 Å². The molecule has 2 aromatic rings. The molecule has 6 heteroatoms. The molecule has 138 valence electrons. The lowest BCUT2D eigenvalue weighted by Gasteiger charge is -2.28. The summed E-state index contributed by atoms with van der Waals surface area (Å²) in [6.07, 6.45) is 1.92. The molecule has 0 unspecified atom stereocenters. The van der Waals surface area contributed by atoms with Gasteiger partial charge in [-0.1, -0.05) is 66.4 Å². The predicted molar refractivity (Wildman–Crippen MR) is 115 cm³/mol. The van der Waals surface area contributed by atoms with Gasteiger partial charge in [-0.3, -0.25) is 9.69 Å². The standard InChI is InChI=1S/C21H20N2O2S2/c24-20-19(27-21(26)23(20)15-17-4-2-1-3-5-17)14-16-6-8-18(9-7-16)22-10-12-25-13-11-22/h1-9,14H,10-13,15H2/b19-14-. The number of benzene rings is 2. The molecule has 0 radical (unpaired) electrons. The number of carbonyl (C=O) groups is 1. The molecule has 4 rings (SSSR count). The van der Waals surface area contributed by atoms with Gasteiger partial charge in [-0.25, -0.2) is 0 Å². The molecule has 2 fully saturated rings. The van der Waals surface area contributed by atoms with Crippen LogP contribution >= 0.6 is 24.0 Å². The highest BCUT2D eigenvalue weighted by Crippen LogP contribution is 2.33. The summed E-state index contributed by atoms with van der Waals surface area (Å²) in [6, 6.07) is 18.2. The highest BCUT2D eigenvalue weighted by atomic mass is 32.2. The summed E-state index contributed by atoms with van der Waals surface area (Å²) in [7, 11) is 0. The van der Waals surface area contributed by atoms with Crippen molar-refractivity contribution in [3.05, 3.63) is 70.6 Å². The molecule has 0 aromatic heterocycles. The van der Waals surface area contributed by atoms with Crippen molar-refractivity contribution in [2.45, 2.75) is 6.54 Å². The van der Waals surface area contributed by atoms with Crippen LogP contribution in [0, 0.1) is 0 Å². The minimum atomic E-state index is -0.0221. The fourth-order valence-corrected chi connectivity index (χ4v) is 4.41. The van der Waals surface area contributed by atoms with Gasteiger partial charge in [0.25, 0.3) is 5.91 Å². The van der Waals surface area contributed by atoms with Gasteiger partial charge in [0, 0.05) is 18.8 Å². The second-order valence-corrected chi connectivity index (χ2v) is 8.12. The number of hydrogen-bond donors (Lipinski definition) is 0. The number of ether oxygens (including phenoxy) is 1. The van der Waals surface area contributed by atoms with Gasteiger partial charge in [0.1, 0.15) is 4.32 Å². The average Bonchev–Trinajstić information content (AvgIpc) is 2.97. The maximum Gasteiger partial charge on any atom is 0.266 e. The molecule has 27 heavy (non-hydrogen) atoms. The van der Waals surface area contributed by atoms with Gasteiger partial charge < -0.3 is 9.64 Å². The first-order valence-corrected chi connectivity index (χ1v) is 10.2. The van der Waals surface area contributed by atoms with Crippen LogP contribution in [0.25, 0.3) is 6.08 Å². The lowest BCUT2D eigenvalue weighted by molar-refractivity contribution is -0.122. The molecule has 2 heterocycles. The Balaban J connectivity index is 1.47. The SMILES string of the molecule is O=C1/C(=C/c2ccc(N3CCOCC3)cc2)SC(=S)N1Cc1ccccc1. The Morgan fingerprint density at radius 2 is 1.74 bits per heavy atom. The molecule has 1 amide bonds. The van der Waals surface area contributed by atoms with Gasteiger partial charge in [-0.15, -0.1) is 0 Å². The molecule has 0 bridgehead atoms. The molecule has 2 aliphatic rings. The molecule has 2 saturated heterocycles. The van der Waals surface area contributed by atoms with E-state index >= 15 is 0 Å². The minimum absolute atomic E-state index is 0.0221. The zero-order chi connectivity index (χ0) is 18.6. The summed E-state index contributed by atoms with van der Waals surface area (Å²) < 4.78 is 6.01. The third-order valence-corrected chi connectivity index (χ3v) is 6.00. The van der Waals surface area contributed by atoms with Crippen LogP contribution in [0.2, 0.25) is 0 Å². The zero-order valence-corrected chi connectivity index (χ0v) is 16.5. The fourth-order valence-electron chi connectivity index (χ4n) is 3.16. The van der Waals surface area contributed by atoms with Crippen LogP contribution in [0.3, 0.4) is 0 Å². The Labute approximate surface area is 168 Å². The second-order valence-electron chi connectivity index (χ2n) is 6.44. The number of amides is 1. The Kier molecular flexibility index (Phi) is 5.57. The lowest BCUT2D eigenvalue weighted by atomic mass is 10.1. The number of thiocarbonyl (C=S) groups is 1. The minimum Gasteiger partial charge on any atom is -0.378 e. The largest absolute Gasteiger partial charge is 0.378 e. The van der Waals surface area contributed by atoms with Crippen molar-refractivity contribution in [3.8, 4) is 0 Å². The predicted octanol–water partition coefficient (Wildman–Crippen LogP) is 3.92. The third-order valence-electron chi connectivity index (χ3n) is 4.62. The van der Waals surface area contributed by atoms with Crippen molar-refractivity contribution < 1.29 is 9.53 Å². The average molecular weight is 397 g/mol. The zero-order valence-electron chi connectivity index (χ0n) is 14.8. The third kappa shape index (κ3) is 4.24. The lowest BCUT2D eigenvalue weighted by Crippen LogP contribution is -2.36.